The molecule has 0 atom stereocenters. The summed E-state index contributed by atoms with van der Waals surface area (Å²) in [4.78, 5) is 0. The molecule has 1 aromatic rings. The van der Waals surface area contributed by atoms with Crippen LogP contribution in [0.15, 0.2) is 16.7 Å². The molecule has 0 aliphatic rings. The third-order valence-corrected chi connectivity index (χ3v) is 1.14. The summed E-state index contributed by atoms with van der Waals surface area (Å²) in [6.45, 7) is -0.518. The van der Waals surface area contributed by atoms with E-state index in [0.29, 0.717) is 6.26 Å². The number of furan rings is 1. The molecule has 11 heavy (non-hydrogen) atoms. The Kier molecular flexibility index (Phi) is 1.90. The zero-order valence-electron chi connectivity index (χ0n) is 5.35. The summed E-state index contributed by atoms with van der Waals surface area (Å²) in [7, 11) is 0. The Labute approximate surface area is 60.2 Å². The van der Waals surface area contributed by atoms with Gasteiger partial charge >= 0.3 is 6.18 Å². The van der Waals surface area contributed by atoms with Crippen molar-refractivity contribution in [1.82, 2.24) is 0 Å². The number of rotatable bonds is 1. The Morgan fingerprint density at radius 2 is 2.09 bits per heavy atom. The lowest BCUT2D eigenvalue weighted by atomic mass is 10.3. The van der Waals surface area contributed by atoms with Crippen LogP contribution in [0.3, 0.4) is 0 Å². The molecule has 62 valence electrons. The van der Waals surface area contributed by atoms with E-state index in [2.05, 4.69) is 4.42 Å². The van der Waals surface area contributed by atoms with E-state index < -0.39 is 18.3 Å². The molecule has 1 N–H and O–H groups in total. The lowest BCUT2D eigenvalue weighted by molar-refractivity contribution is -0.137. The maximum Gasteiger partial charge on any atom is 0.419 e. The molecule has 0 saturated carbocycles. The van der Waals surface area contributed by atoms with Gasteiger partial charge in [0.15, 0.2) is 0 Å². The Balaban J connectivity index is 2.89. The molecular formula is C6H5F3O2. The second-order valence-corrected chi connectivity index (χ2v) is 1.96. The molecule has 5 heteroatoms. The Bertz CT molecular complexity index is 238. The van der Waals surface area contributed by atoms with Gasteiger partial charge in [0.1, 0.15) is 18.6 Å². The monoisotopic (exact) mass is 166 g/mol. The van der Waals surface area contributed by atoms with Crippen molar-refractivity contribution in [2.24, 2.45) is 0 Å². The van der Waals surface area contributed by atoms with Crippen molar-refractivity contribution in [3.63, 3.8) is 0 Å². The van der Waals surface area contributed by atoms with E-state index in [4.69, 9.17) is 5.11 Å². The predicted molar refractivity (Wildman–Crippen MR) is 29.6 cm³/mol. The Morgan fingerprint density at radius 3 is 2.36 bits per heavy atom. The molecular weight excluding hydrogens is 161 g/mol. The first-order chi connectivity index (χ1) is 5.04. The lowest BCUT2D eigenvalue weighted by Gasteiger charge is -1.99. The number of halogens is 3. The van der Waals surface area contributed by atoms with Crippen molar-refractivity contribution in [3.8, 4) is 0 Å². The van der Waals surface area contributed by atoms with Gasteiger partial charge in [-0.3, -0.25) is 0 Å². The number of hydrogen-bond donors (Lipinski definition) is 1. The van der Waals surface area contributed by atoms with Crippen LogP contribution in [-0.2, 0) is 12.8 Å². The van der Waals surface area contributed by atoms with Gasteiger partial charge in [0.2, 0.25) is 0 Å². The van der Waals surface area contributed by atoms with E-state index in [1.807, 2.05) is 0 Å². The van der Waals surface area contributed by atoms with E-state index in [1.54, 1.807) is 0 Å². The molecule has 0 aliphatic heterocycles. The molecule has 0 fully saturated rings. The molecule has 0 aromatic carbocycles. The second-order valence-electron chi connectivity index (χ2n) is 1.96. The van der Waals surface area contributed by atoms with Crippen molar-refractivity contribution in [2.75, 3.05) is 0 Å². The van der Waals surface area contributed by atoms with Crippen molar-refractivity contribution in [1.29, 1.82) is 0 Å². The minimum Gasteiger partial charge on any atom is -0.466 e. The first-order valence-corrected chi connectivity index (χ1v) is 2.79. The topological polar surface area (TPSA) is 33.4 Å². The quantitative estimate of drug-likeness (QED) is 0.689. The average Bonchev–Trinajstić information content (AvgIpc) is 2.32. The summed E-state index contributed by atoms with van der Waals surface area (Å²) in [6.07, 6.45) is -3.82. The average molecular weight is 166 g/mol. The van der Waals surface area contributed by atoms with Crippen LogP contribution in [0.5, 0.6) is 0 Å². The highest BCUT2D eigenvalue weighted by Gasteiger charge is 2.32. The largest absolute Gasteiger partial charge is 0.466 e. The molecule has 1 aromatic heterocycles. The number of aliphatic hydroxyl groups excluding tert-OH is 1. The van der Waals surface area contributed by atoms with Gasteiger partial charge < -0.3 is 9.52 Å². The minimum absolute atomic E-state index is 0.0858. The highest BCUT2D eigenvalue weighted by Crippen LogP contribution is 2.30. The smallest absolute Gasteiger partial charge is 0.419 e. The summed E-state index contributed by atoms with van der Waals surface area (Å²) in [5, 5.41) is 8.36. The van der Waals surface area contributed by atoms with Gasteiger partial charge in [-0.25, -0.2) is 0 Å². The molecule has 0 spiro atoms. The molecule has 1 heterocycles. The van der Waals surface area contributed by atoms with Gasteiger partial charge in [-0.1, -0.05) is 0 Å². The first-order valence-electron chi connectivity index (χ1n) is 2.79. The summed E-state index contributed by atoms with van der Waals surface area (Å²) >= 11 is 0. The predicted octanol–water partition coefficient (Wildman–Crippen LogP) is 1.79. The molecule has 2 nitrogen and oxygen atoms in total. The number of hydrogen-bond acceptors (Lipinski definition) is 2. The highest BCUT2D eigenvalue weighted by molar-refractivity contribution is 5.15. The lowest BCUT2D eigenvalue weighted by Crippen LogP contribution is -2.02. The molecule has 0 bridgehead atoms. The Hall–Kier alpha value is -0.970. The van der Waals surface area contributed by atoms with Gasteiger partial charge in [-0.15, -0.1) is 0 Å². The van der Waals surface area contributed by atoms with Gasteiger partial charge in [-0.05, 0) is 6.07 Å². The fourth-order valence-corrected chi connectivity index (χ4v) is 0.612. The zero-order valence-corrected chi connectivity index (χ0v) is 5.35. The maximum absolute atomic E-state index is 11.8. The normalized spacial score (nSPS) is 12.0. The van der Waals surface area contributed by atoms with Gasteiger partial charge in [0, 0.05) is 0 Å². The summed E-state index contributed by atoms with van der Waals surface area (Å²) < 4.78 is 39.8. The Morgan fingerprint density at radius 1 is 1.45 bits per heavy atom. The van der Waals surface area contributed by atoms with Gasteiger partial charge in [0.05, 0.1) is 5.56 Å². The summed E-state index contributed by atoms with van der Waals surface area (Å²) in [5.41, 5.74) is -0.874. The number of alkyl halides is 3. The molecule has 1 rings (SSSR count). The van der Waals surface area contributed by atoms with E-state index in [0.717, 1.165) is 6.07 Å². The summed E-state index contributed by atoms with van der Waals surface area (Å²) in [6, 6.07) is 0.764. The third-order valence-electron chi connectivity index (χ3n) is 1.14. The van der Waals surface area contributed by atoms with E-state index in [-0.39, 0.29) is 5.76 Å². The highest BCUT2D eigenvalue weighted by atomic mass is 19.4. The molecule has 0 amide bonds. The van der Waals surface area contributed by atoms with Crippen LogP contribution in [0.1, 0.15) is 11.3 Å². The van der Waals surface area contributed by atoms with E-state index in [1.165, 1.54) is 0 Å². The second kappa shape index (κ2) is 2.58. The van der Waals surface area contributed by atoms with Crippen LogP contribution < -0.4 is 0 Å². The first kappa shape index (κ1) is 8.13. The van der Waals surface area contributed by atoms with E-state index >= 15 is 0 Å². The standard InChI is InChI=1S/C6H5F3O2/c7-6(8,9)4-1-5(2-10)11-3-4/h1,3,10H,2H2. The molecule has 0 radical (unpaired) electrons. The van der Waals surface area contributed by atoms with Crippen molar-refractivity contribution in [3.05, 3.63) is 23.7 Å². The molecule has 0 aliphatic carbocycles. The van der Waals surface area contributed by atoms with Crippen LogP contribution in [-0.4, -0.2) is 5.11 Å². The van der Waals surface area contributed by atoms with Crippen molar-refractivity contribution < 1.29 is 22.7 Å². The SMILES string of the molecule is OCc1cc(C(F)(F)F)co1. The molecule has 0 saturated heterocycles. The van der Waals surface area contributed by atoms with Gasteiger partial charge in [-0.2, -0.15) is 13.2 Å². The maximum atomic E-state index is 11.8. The third kappa shape index (κ3) is 1.74. The fourth-order valence-electron chi connectivity index (χ4n) is 0.612. The van der Waals surface area contributed by atoms with Crippen LogP contribution in [0.25, 0.3) is 0 Å². The summed E-state index contributed by atoms with van der Waals surface area (Å²) in [5.74, 6) is -0.0858. The minimum atomic E-state index is -4.39. The van der Waals surface area contributed by atoms with Crippen molar-refractivity contribution >= 4 is 0 Å². The van der Waals surface area contributed by atoms with Crippen LogP contribution in [0.4, 0.5) is 13.2 Å². The number of aliphatic hydroxyl groups is 1. The van der Waals surface area contributed by atoms with Crippen LogP contribution in [0.2, 0.25) is 0 Å². The fraction of sp³-hybridized carbons (Fsp3) is 0.333. The zero-order chi connectivity index (χ0) is 8.48. The van der Waals surface area contributed by atoms with Crippen LogP contribution >= 0.6 is 0 Å². The van der Waals surface area contributed by atoms with Crippen molar-refractivity contribution in [2.45, 2.75) is 12.8 Å². The van der Waals surface area contributed by atoms with Gasteiger partial charge in [0.25, 0.3) is 0 Å². The molecule has 0 unspecified atom stereocenters. The van der Waals surface area contributed by atoms with E-state index in [9.17, 15) is 13.2 Å². The van der Waals surface area contributed by atoms with Crippen LogP contribution in [0, 0.1) is 0 Å².